The van der Waals surface area contributed by atoms with E-state index in [0.29, 0.717) is 38.5 Å². The second-order valence-electron chi connectivity index (χ2n) is 11.7. The van der Waals surface area contributed by atoms with Crippen molar-refractivity contribution < 1.29 is 32.0 Å². The Morgan fingerprint density at radius 1 is 1.14 bits per heavy atom. The molecule has 3 aliphatic carbocycles. The zero-order valence-corrected chi connectivity index (χ0v) is 21.0. The zero-order valence-electron chi connectivity index (χ0n) is 21.0. The summed E-state index contributed by atoms with van der Waals surface area (Å²) in [5.74, 6) is -2.43. The molecule has 0 radical (unpaired) electrons. The molecule has 2 amide bonds. The maximum Gasteiger partial charge on any atom is 0.391 e. The van der Waals surface area contributed by atoms with Crippen molar-refractivity contribution in [1.29, 1.82) is 5.26 Å². The molecule has 0 aromatic carbocycles. The Labute approximate surface area is 214 Å². The normalized spacial score (nSPS) is 43.1. The van der Waals surface area contributed by atoms with Crippen molar-refractivity contribution in [3.8, 4) is 6.07 Å². The van der Waals surface area contributed by atoms with Gasteiger partial charge in [-0.3, -0.25) is 19.7 Å². The van der Waals surface area contributed by atoms with Crippen LogP contribution < -0.4 is 10.8 Å². The van der Waals surface area contributed by atoms with Crippen LogP contribution in [-0.4, -0.2) is 71.0 Å². The van der Waals surface area contributed by atoms with E-state index in [4.69, 9.17) is 4.84 Å². The van der Waals surface area contributed by atoms with Crippen LogP contribution in [0.15, 0.2) is 0 Å². The van der Waals surface area contributed by atoms with Gasteiger partial charge in [0.15, 0.2) is 0 Å². The Kier molecular flexibility index (Phi) is 7.17. The number of hydroxylamine groups is 1. The van der Waals surface area contributed by atoms with Gasteiger partial charge in [-0.15, -0.1) is 0 Å². The molecule has 12 heteroatoms. The van der Waals surface area contributed by atoms with Gasteiger partial charge in [-0.1, -0.05) is 0 Å². The molecule has 5 fully saturated rings. The summed E-state index contributed by atoms with van der Waals surface area (Å²) in [6.45, 7) is 1.90. The van der Waals surface area contributed by atoms with Crippen LogP contribution in [0.1, 0.15) is 64.7 Å². The Morgan fingerprint density at radius 3 is 2.41 bits per heavy atom. The Hall–Kier alpha value is -1.97. The highest BCUT2D eigenvalue weighted by Crippen LogP contribution is 2.50. The van der Waals surface area contributed by atoms with Gasteiger partial charge in [0.05, 0.1) is 24.2 Å². The fraction of sp³-hybridized carbons (Fsp3) is 0.880. The SMILES string of the molecule is CC1NOC(C2CC3(C2)C(=O)N(C2CCC(C#N)CC2F)CC(=O)N3CC2CCC(C(F)(F)F)CC2)N1. The monoisotopic (exact) mass is 529 g/mol. The van der Waals surface area contributed by atoms with E-state index in [-0.39, 0.29) is 68.4 Å². The van der Waals surface area contributed by atoms with E-state index in [1.54, 1.807) is 4.90 Å². The third-order valence-corrected chi connectivity index (χ3v) is 9.27. The average Bonchev–Trinajstić information content (AvgIpc) is 3.26. The van der Waals surface area contributed by atoms with Crippen LogP contribution in [0.2, 0.25) is 0 Å². The summed E-state index contributed by atoms with van der Waals surface area (Å²) in [5, 5.41) is 12.4. The minimum absolute atomic E-state index is 0.0287. The van der Waals surface area contributed by atoms with E-state index in [1.165, 1.54) is 4.90 Å². The first-order valence-corrected chi connectivity index (χ1v) is 13.4. The van der Waals surface area contributed by atoms with E-state index < -0.39 is 35.8 Å². The Morgan fingerprint density at radius 2 is 1.84 bits per heavy atom. The molecule has 5 atom stereocenters. The number of amides is 2. The van der Waals surface area contributed by atoms with Gasteiger partial charge in [-0.25, -0.2) is 4.39 Å². The summed E-state index contributed by atoms with van der Waals surface area (Å²) in [6.07, 6.45) is -3.67. The van der Waals surface area contributed by atoms with Crippen LogP contribution in [0.4, 0.5) is 17.6 Å². The maximum absolute atomic E-state index is 15.1. The van der Waals surface area contributed by atoms with Gasteiger partial charge in [0.2, 0.25) is 11.8 Å². The number of piperazine rings is 1. The van der Waals surface area contributed by atoms with Crippen molar-refractivity contribution in [1.82, 2.24) is 20.6 Å². The largest absolute Gasteiger partial charge is 0.391 e. The molecule has 0 aromatic rings. The molecule has 8 nitrogen and oxygen atoms in total. The van der Waals surface area contributed by atoms with E-state index in [1.807, 2.05) is 6.92 Å². The van der Waals surface area contributed by atoms with Crippen molar-refractivity contribution in [3.05, 3.63) is 0 Å². The number of carbonyl (C=O) groups excluding carboxylic acids is 2. The highest BCUT2D eigenvalue weighted by molar-refractivity contribution is 5.99. The zero-order chi connectivity index (χ0) is 26.5. The van der Waals surface area contributed by atoms with Crippen molar-refractivity contribution in [2.45, 2.75) is 101 Å². The number of hydrogen-bond acceptors (Lipinski definition) is 6. The van der Waals surface area contributed by atoms with E-state index in [2.05, 4.69) is 16.9 Å². The summed E-state index contributed by atoms with van der Waals surface area (Å²) in [6, 6.07) is 1.36. The number of carbonyl (C=O) groups is 2. The van der Waals surface area contributed by atoms with E-state index in [9.17, 15) is 28.0 Å². The minimum atomic E-state index is -4.21. The number of alkyl halides is 4. The fourth-order valence-corrected chi connectivity index (χ4v) is 7.11. The molecular formula is C25H35F4N5O3. The summed E-state index contributed by atoms with van der Waals surface area (Å²) in [5.41, 5.74) is 1.71. The van der Waals surface area contributed by atoms with Gasteiger partial charge in [0, 0.05) is 18.4 Å². The lowest BCUT2D eigenvalue weighted by molar-refractivity contribution is -0.192. The lowest BCUT2D eigenvalue weighted by Gasteiger charge is -2.59. The van der Waals surface area contributed by atoms with Crippen LogP contribution in [0.5, 0.6) is 0 Å². The second-order valence-corrected chi connectivity index (χ2v) is 11.7. The molecular weight excluding hydrogens is 494 g/mol. The third-order valence-electron chi connectivity index (χ3n) is 9.27. The Balaban J connectivity index is 1.33. The molecule has 2 saturated heterocycles. The van der Waals surface area contributed by atoms with Crippen molar-refractivity contribution >= 4 is 11.8 Å². The number of rotatable bonds is 4. The third kappa shape index (κ3) is 4.94. The molecule has 3 saturated carbocycles. The second kappa shape index (κ2) is 9.97. The molecule has 5 rings (SSSR count). The first-order chi connectivity index (χ1) is 17.5. The lowest BCUT2D eigenvalue weighted by Crippen LogP contribution is -2.76. The summed E-state index contributed by atoms with van der Waals surface area (Å²) in [4.78, 5) is 36.1. The number of hydrogen-bond donors (Lipinski definition) is 2. The van der Waals surface area contributed by atoms with Crippen molar-refractivity contribution in [3.63, 3.8) is 0 Å². The smallest absolute Gasteiger partial charge is 0.326 e. The molecule has 206 valence electrons. The molecule has 2 heterocycles. The molecule has 2 aliphatic heterocycles. The number of halogens is 4. The number of nitriles is 1. The number of nitrogens with zero attached hydrogens (tertiary/aromatic N) is 3. The quantitative estimate of drug-likeness (QED) is 0.544. The van der Waals surface area contributed by atoms with Gasteiger partial charge in [-0.05, 0) is 70.6 Å². The molecule has 0 aromatic heterocycles. The topological polar surface area (TPSA) is 97.7 Å². The van der Waals surface area contributed by atoms with Gasteiger partial charge in [0.25, 0.3) is 0 Å². The summed E-state index contributed by atoms with van der Waals surface area (Å²) < 4.78 is 54.6. The van der Waals surface area contributed by atoms with E-state index >= 15 is 4.39 Å². The standard InChI is InChI=1S/C25H35F4N5O3/c1-14-31-22(37-32-14)17-9-24(10-17)23(36)33(20-7-4-16(11-30)8-19(20)26)13-21(35)34(24)12-15-2-5-18(6-3-15)25(27,28)29/h14-20,22,31-32H,2-10,12-13H2,1H3. The molecule has 5 unspecified atom stereocenters. The van der Waals surface area contributed by atoms with Crippen LogP contribution in [-0.2, 0) is 14.4 Å². The first-order valence-electron chi connectivity index (χ1n) is 13.4. The lowest BCUT2D eigenvalue weighted by atomic mass is 9.63. The molecule has 37 heavy (non-hydrogen) atoms. The van der Waals surface area contributed by atoms with Gasteiger partial charge < -0.3 is 9.80 Å². The van der Waals surface area contributed by atoms with Crippen molar-refractivity contribution in [2.24, 2.45) is 23.7 Å². The fourth-order valence-electron chi connectivity index (χ4n) is 7.11. The molecule has 2 N–H and O–H groups in total. The highest BCUT2D eigenvalue weighted by Gasteiger charge is 2.63. The summed E-state index contributed by atoms with van der Waals surface area (Å²) in [7, 11) is 0. The molecule has 5 aliphatic rings. The van der Waals surface area contributed by atoms with Gasteiger partial charge >= 0.3 is 6.18 Å². The number of nitrogens with one attached hydrogen (secondary N) is 2. The van der Waals surface area contributed by atoms with Crippen molar-refractivity contribution in [2.75, 3.05) is 13.1 Å². The van der Waals surface area contributed by atoms with Crippen LogP contribution in [0.25, 0.3) is 0 Å². The minimum Gasteiger partial charge on any atom is -0.326 e. The average molecular weight is 530 g/mol. The predicted octanol–water partition coefficient (Wildman–Crippen LogP) is 3.00. The van der Waals surface area contributed by atoms with Crippen LogP contribution in [0, 0.1) is 35.0 Å². The highest BCUT2D eigenvalue weighted by atomic mass is 19.4. The van der Waals surface area contributed by atoms with Gasteiger partial charge in [0.1, 0.15) is 24.5 Å². The summed E-state index contributed by atoms with van der Waals surface area (Å²) >= 11 is 0. The van der Waals surface area contributed by atoms with Crippen LogP contribution in [0.3, 0.4) is 0 Å². The van der Waals surface area contributed by atoms with Gasteiger partial charge in [-0.2, -0.15) is 23.9 Å². The molecule has 0 bridgehead atoms. The van der Waals surface area contributed by atoms with Crippen LogP contribution >= 0.6 is 0 Å². The predicted molar refractivity (Wildman–Crippen MR) is 123 cm³/mol. The first kappa shape index (κ1) is 26.6. The van der Waals surface area contributed by atoms with E-state index in [0.717, 1.165) is 0 Å². The Bertz CT molecular complexity index is 928. The maximum atomic E-state index is 15.1. The molecule has 1 spiro atoms.